The minimum absolute atomic E-state index is 0.0860. The molecule has 5 heteroatoms. The summed E-state index contributed by atoms with van der Waals surface area (Å²) in [6.07, 6.45) is -2.58. The van der Waals surface area contributed by atoms with Gasteiger partial charge in [0.1, 0.15) is 6.04 Å². The molecule has 13 heavy (non-hydrogen) atoms. The van der Waals surface area contributed by atoms with Crippen LogP contribution in [-0.4, -0.2) is 25.5 Å². The lowest BCUT2D eigenvalue weighted by Crippen LogP contribution is -2.38. The van der Waals surface area contributed by atoms with E-state index in [1.54, 1.807) is 0 Å². The van der Waals surface area contributed by atoms with Crippen molar-refractivity contribution >= 4 is 5.97 Å². The van der Waals surface area contributed by atoms with E-state index in [1.165, 1.54) is 21.0 Å². The molecule has 0 aromatic heterocycles. The maximum absolute atomic E-state index is 12.3. The van der Waals surface area contributed by atoms with E-state index >= 15 is 0 Å². The highest BCUT2D eigenvalue weighted by Gasteiger charge is 2.33. The quantitative estimate of drug-likeness (QED) is 0.685. The first kappa shape index (κ1) is 12.3. The van der Waals surface area contributed by atoms with Gasteiger partial charge in [0.2, 0.25) is 6.43 Å². The molecule has 0 saturated heterocycles. The molecular formula is C8H15F2NO2. The maximum Gasteiger partial charge on any atom is 0.322 e. The fourth-order valence-electron chi connectivity index (χ4n) is 0.891. The number of carbonyl (C=O) groups excluding carboxylic acids is 1. The smallest absolute Gasteiger partial charge is 0.322 e. The van der Waals surface area contributed by atoms with Crippen molar-refractivity contribution in [1.82, 2.24) is 0 Å². The zero-order valence-corrected chi connectivity index (χ0v) is 8.01. The van der Waals surface area contributed by atoms with Crippen LogP contribution >= 0.6 is 0 Å². The van der Waals surface area contributed by atoms with Gasteiger partial charge in [0.05, 0.1) is 7.11 Å². The van der Waals surface area contributed by atoms with Crippen molar-refractivity contribution in [2.45, 2.75) is 32.7 Å². The summed E-state index contributed by atoms with van der Waals surface area (Å²) in [5.74, 6) is -0.659. The number of halogens is 2. The molecule has 0 aromatic rings. The van der Waals surface area contributed by atoms with Crippen LogP contribution < -0.4 is 5.73 Å². The molecule has 0 amide bonds. The van der Waals surface area contributed by atoms with Crippen molar-refractivity contribution in [1.29, 1.82) is 0 Å². The van der Waals surface area contributed by atoms with E-state index in [4.69, 9.17) is 5.73 Å². The molecule has 2 N–H and O–H groups in total. The fraction of sp³-hybridized carbons (Fsp3) is 0.875. The van der Waals surface area contributed by atoms with Gasteiger partial charge in [-0.2, -0.15) is 0 Å². The van der Waals surface area contributed by atoms with Crippen molar-refractivity contribution in [3.05, 3.63) is 0 Å². The van der Waals surface area contributed by atoms with Crippen LogP contribution in [0.3, 0.4) is 0 Å². The Labute approximate surface area is 76.2 Å². The molecule has 0 aliphatic rings. The SMILES string of the molecule is COC(=O)C(N)CC(C)(C)C(F)F. The first-order valence-corrected chi connectivity index (χ1v) is 3.93. The lowest BCUT2D eigenvalue weighted by atomic mass is 9.86. The Bertz CT molecular complexity index is 183. The highest BCUT2D eigenvalue weighted by molar-refractivity contribution is 5.75. The maximum atomic E-state index is 12.3. The van der Waals surface area contributed by atoms with Crippen molar-refractivity contribution < 1.29 is 18.3 Å². The van der Waals surface area contributed by atoms with Crippen molar-refractivity contribution in [2.75, 3.05) is 7.11 Å². The molecule has 0 rings (SSSR count). The lowest BCUT2D eigenvalue weighted by molar-refractivity contribution is -0.143. The van der Waals surface area contributed by atoms with Crippen molar-refractivity contribution in [2.24, 2.45) is 11.1 Å². The molecule has 0 aliphatic carbocycles. The number of nitrogens with two attached hydrogens (primary N) is 1. The minimum Gasteiger partial charge on any atom is -0.468 e. The van der Waals surface area contributed by atoms with Crippen molar-refractivity contribution in [3.63, 3.8) is 0 Å². The van der Waals surface area contributed by atoms with Gasteiger partial charge in [-0.1, -0.05) is 13.8 Å². The van der Waals surface area contributed by atoms with Gasteiger partial charge in [-0.05, 0) is 6.42 Å². The summed E-state index contributed by atoms with van der Waals surface area (Å²) in [7, 11) is 1.18. The third-order valence-electron chi connectivity index (χ3n) is 1.84. The van der Waals surface area contributed by atoms with E-state index in [2.05, 4.69) is 4.74 Å². The van der Waals surface area contributed by atoms with E-state index < -0.39 is 23.9 Å². The van der Waals surface area contributed by atoms with Gasteiger partial charge < -0.3 is 10.5 Å². The first-order chi connectivity index (χ1) is 5.81. The topological polar surface area (TPSA) is 52.3 Å². The van der Waals surface area contributed by atoms with Gasteiger partial charge in [0.15, 0.2) is 0 Å². The second-order valence-corrected chi connectivity index (χ2v) is 3.62. The van der Waals surface area contributed by atoms with Crippen LogP contribution in [0.1, 0.15) is 20.3 Å². The summed E-state index contributed by atoms with van der Waals surface area (Å²) in [6.45, 7) is 2.72. The molecule has 0 fully saturated rings. The summed E-state index contributed by atoms with van der Waals surface area (Å²) in [5, 5.41) is 0. The van der Waals surface area contributed by atoms with Gasteiger partial charge in [-0.25, -0.2) is 8.78 Å². The normalized spacial score (nSPS) is 14.4. The summed E-state index contributed by atoms with van der Waals surface area (Å²) in [4.78, 5) is 10.8. The standard InChI is InChI=1S/C8H15F2NO2/c1-8(2,7(9)10)4-5(11)6(12)13-3/h5,7H,4,11H2,1-3H3. The van der Waals surface area contributed by atoms with Gasteiger partial charge in [-0.3, -0.25) is 4.79 Å². The Morgan fingerprint density at radius 1 is 1.54 bits per heavy atom. The van der Waals surface area contributed by atoms with Gasteiger partial charge >= 0.3 is 5.97 Å². The molecule has 0 heterocycles. The molecule has 0 saturated carbocycles. The number of rotatable bonds is 4. The van der Waals surface area contributed by atoms with Crippen molar-refractivity contribution in [3.8, 4) is 0 Å². The van der Waals surface area contributed by atoms with Gasteiger partial charge in [0, 0.05) is 5.41 Å². The number of esters is 1. The predicted octanol–water partition coefficient (Wildman–Crippen LogP) is 1.17. The number of alkyl halides is 2. The second kappa shape index (κ2) is 4.50. The highest BCUT2D eigenvalue weighted by Crippen LogP contribution is 2.29. The Hall–Kier alpha value is -0.710. The van der Waals surface area contributed by atoms with E-state index in [1.807, 2.05) is 0 Å². The molecule has 1 unspecified atom stereocenters. The molecule has 0 spiro atoms. The minimum atomic E-state index is -2.50. The zero-order chi connectivity index (χ0) is 10.6. The number of hydrogen-bond acceptors (Lipinski definition) is 3. The zero-order valence-electron chi connectivity index (χ0n) is 8.01. The summed E-state index contributed by atoms with van der Waals surface area (Å²) < 4.78 is 29.0. The monoisotopic (exact) mass is 195 g/mol. The third kappa shape index (κ3) is 3.67. The van der Waals surface area contributed by atoms with E-state index in [9.17, 15) is 13.6 Å². The molecule has 1 atom stereocenters. The first-order valence-electron chi connectivity index (χ1n) is 3.93. The second-order valence-electron chi connectivity index (χ2n) is 3.62. The lowest BCUT2D eigenvalue weighted by Gasteiger charge is -2.25. The van der Waals surface area contributed by atoms with E-state index in [0.717, 1.165) is 0 Å². The van der Waals surface area contributed by atoms with E-state index in [-0.39, 0.29) is 6.42 Å². The molecule has 0 aromatic carbocycles. The van der Waals surface area contributed by atoms with E-state index in [0.29, 0.717) is 0 Å². The van der Waals surface area contributed by atoms with Gasteiger partial charge in [-0.15, -0.1) is 0 Å². The molecular weight excluding hydrogens is 180 g/mol. The molecule has 3 nitrogen and oxygen atoms in total. The predicted molar refractivity (Wildman–Crippen MR) is 44.4 cm³/mol. The number of hydrogen-bond donors (Lipinski definition) is 1. The Morgan fingerprint density at radius 2 is 2.00 bits per heavy atom. The molecule has 0 bridgehead atoms. The Balaban J connectivity index is 4.19. The number of methoxy groups -OCH3 is 1. The van der Waals surface area contributed by atoms with Crippen LogP contribution in [0.2, 0.25) is 0 Å². The largest absolute Gasteiger partial charge is 0.468 e. The van der Waals surface area contributed by atoms with Gasteiger partial charge in [0.25, 0.3) is 0 Å². The summed E-state index contributed by atoms with van der Waals surface area (Å²) >= 11 is 0. The van der Waals surface area contributed by atoms with Crippen LogP contribution in [0, 0.1) is 5.41 Å². The molecule has 78 valence electrons. The highest BCUT2D eigenvalue weighted by atomic mass is 19.3. The number of carbonyl (C=O) groups is 1. The Kier molecular flexibility index (Phi) is 4.26. The number of ether oxygens (including phenoxy) is 1. The van der Waals surface area contributed by atoms with Crippen LogP contribution in [0.4, 0.5) is 8.78 Å². The summed E-state index contributed by atoms with van der Waals surface area (Å²) in [5.41, 5.74) is 4.09. The van der Waals surface area contributed by atoms with Crippen LogP contribution in [0.5, 0.6) is 0 Å². The summed E-state index contributed by atoms with van der Waals surface area (Å²) in [6, 6.07) is -0.978. The van der Waals surface area contributed by atoms with Crippen LogP contribution in [0.15, 0.2) is 0 Å². The molecule has 0 radical (unpaired) electrons. The third-order valence-corrected chi connectivity index (χ3v) is 1.84. The van der Waals surface area contributed by atoms with Crippen LogP contribution in [0.25, 0.3) is 0 Å². The average Bonchev–Trinajstić information content (AvgIpc) is 2.01. The molecule has 0 aliphatic heterocycles. The Morgan fingerprint density at radius 3 is 2.31 bits per heavy atom. The van der Waals surface area contributed by atoms with Crippen LogP contribution in [-0.2, 0) is 9.53 Å². The average molecular weight is 195 g/mol. The fourth-order valence-corrected chi connectivity index (χ4v) is 0.891.